The highest BCUT2D eigenvalue weighted by Gasteiger charge is 2.24. The fourth-order valence-electron chi connectivity index (χ4n) is 2.26. The van der Waals surface area contributed by atoms with Gasteiger partial charge in [-0.1, -0.05) is 18.2 Å². The highest BCUT2D eigenvalue weighted by molar-refractivity contribution is 5.91. The van der Waals surface area contributed by atoms with Gasteiger partial charge in [-0.25, -0.2) is 0 Å². The number of para-hydroxylation sites is 1. The largest absolute Gasteiger partial charge is 0.497 e. The van der Waals surface area contributed by atoms with Gasteiger partial charge in [-0.2, -0.15) is 0 Å². The fraction of sp³-hybridized carbons (Fsp3) is 0.235. The summed E-state index contributed by atoms with van der Waals surface area (Å²) in [6.45, 7) is 0.349. The van der Waals surface area contributed by atoms with E-state index in [-0.39, 0.29) is 18.4 Å². The monoisotopic (exact) mass is 299 g/mol. The molecule has 0 fully saturated rings. The number of amides is 1. The minimum atomic E-state index is -0.316. The Hall–Kier alpha value is -2.69. The van der Waals surface area contributed by atoms with Crippen LogP contribution in [-0.2, 0) is 4.79 Å². The standard InChI is InChI=1S/C17H17NO4/c1-20-13-7-8-15-16(9-13)22-14(11-21-15)10-17(19)18-12-5-3-2-4-6-12/h2-9,14H,10-11H2,1H3,(H,18,19). The average Bonchev–Trinajstić information content (AvgIpc) is 2.55. The van der Waals surface area contributed by atoms with Gasteiger partial charge in [0.25, 0.3) is 0 Å². The molecule has 0 radical (unpaired) electrons. The molecule has 114 valence electrons. The van der Waals surface area contributed by atoms with Crippen molar-refractivity contribution in [2.75, 3.05) is 19.0 Å². The molecule has 1 heterocycles. The molecular weight excluding hydrogens is 282 g/mol. The molecule has 1 aliphatic rings. The Balaban J connectivity index is 1.61. The second-order valence-corrected chi connectivity index (χ2v) is 4.98. The zero-order valence-corrected chi connectivity index (χ0v) is 12.2. The molecule has 2 aromatic carbocycles. The highest BCUT2D eigenvalue weighted by atomic mass is 16.6. The Bertz CT molecular complexity index is 657. The number of ether oxygens (including phenoxy) is 3. The zero-order chi connectivity index (χ0) is 15.4. The number of benzene rings is 2. The smallest absolute Gasteiger partial charge is 0.228 e. The number of nitrogens with one attached hydrogen (secondary N) is 1. The number of hydrogen-bond acceptors (Lipinski definition) is 4. The fourth-order valence-corrected chi connectivity index (χ4v) is 2.26. The molecule has 0 saturated heterocycles. The lowest BCUT2D eigenvalue weighted by atomic mass is 10.2. The van der Waals surface area contributed by atoms with Gasteiger partial charge in [0.1, 0.15) is 18.5 Å². The summed E-state index contributed by atoms with van der Waals surface area (Å²) in [6, 6.07) is 14.7. The number of hydrogen-bond donors (Lipinski definition) is 1. The van der Waals surface area contributed by atoms with Gasteiger partial charge < -0.3 is 19.5 Å². The van der Waals surface area contributed by atoms with E-state index in [1.807, 2.05) is 36.4 Å². The predicted molar refractivity (Wildman–Crippen MR) is 82.6 cm³/mol. The lowest BCUT2D eigenvalue weighted by Gasteiger charge is -2.26. The summed E-state index contributed by atoms with van der Waals surface area (Å²) in [5.74, 6) is 1.85. The highest BCUT2D eigenvalue weighted by Crippen LogP contribution is 2.35. The van der Waals surface area contributed by atoms with Crippen LogP contribution in [0, 0.1) is 0 Å². The van der Waals surface area contributed by atoms with E-state index in [4.69, 9.17) is 14.2 Å². The minimum Gasteiger partial charge on any atom is -0.497 e. The third kappa shape index (κ3) is 3.31. The van der Waals surface area contributed by atoms with Gasteiger partial charge in [-0.15, -0.1) is 0 Å². The van der Waals surface area contributed by atoms with Crippen molar-refractivity contribution in [3.63, 3.8) is 0 Å². The van der Waals surface area contributed by atoms with Gasteiger partial charge in [0.15, 0.2) is 11.5 Å². The molecule has 1 unspecified atom stereocenters. The van der Waals surface area contributed by atoms with Crippen molar-refractivity contribution in [3.05, 3.63) is 48.5 Å². The molecule has 0 aromatic heterocycles. The van der Waals surface area contributed by atoms with Crippen LogP contribution in [0.1, 0.15) is 6.42 Å². The van der Waals surface area contributed by atoms with Crippen molar-refractivity contribution in [1.82, 2.24) is 0 Å². The van der Waals surface area contributed by atoms with Gasteiger partial charge >= 0.3 is 0 Å². The van der Waals surface area contributed by atoms with Crippen LogP contribution >= 0.6 is 0 Å². The maximum absolute atomic E-state index is 12.0. The summed E-state index contributed by atoms with van der Waals surface area (Å²) in [4.78, 5) is 12.0. The van der Waals surface area contributed by atoms with Crippen LogP contribution in [0.25, 0.3) is 0 Å². The summed E-state index contributed by atoms with van der Waals surface area (Å²) in [5.41, 5.74) is 0.770. The Labute approximate surface area is 128 Å². The first-order chi connectivity index (χ1) is 10.7. The SMILES string of the molecule is COc1ccc2c(c1)OC(CC(=O)Nc1ccccc1)CO2. The van der Waals surface area contributed by atoms with Crippen molar-refractivity contribution >= 4 is 11.6 Å². The van der Waals surface area contributed by atoms with Crippen LogP contribution in [0.2, 0.25) is 0 Å². The molecule has 1 N–H and O–H groups in total. The number of fused-ring (bicyclic) bond motifs is 1. The van der Waals surface area contributed by atoms with Crippen molar-refractivity contribution < 1.29 is 19.0 Å². The molecule has 2 aromatic rings. The van der Waals surface area contributed by atoms with E-state index in [0.29, 0.717) is 23.9 Å². The quantitative estimate of drug-likeness (QED) is 0.943. The summed E-state index contributed by atoms with van der Waals surface area (Å²) >= 11 is 0. The molecule has 1 aliphatic heterocycles. The first-order valence-corrected chi connectivity index (χ1v) is 7.07. The van der Waals surface area contributed by atoms with Crippen LogP contribution in [0.5, 0.6) is 17.2 Å². The van der Waals surface area contributed by atoms with Crippen LogP contribution in [0.4, 0.5) is 5.69 Å². The Morgan fingerprint density at radius 2 is 2.05 bits per heavy atom. The number of rotatable bonds is 4. The van der Waals surface area contributed by atoms with E-state index >= 15 is 0 Å². The molecule has 0 bridgehead atoms. The molecule has 1 amide bonds. The first kappa shape index (κ1) is 14.3. The maximum Gasteiger partial charge on any atom is 0.228 e. The molecule has 0 saturated carbocycles. The van der Waals surface area contributed by atoms with Crippen LogP contribution in [0.15, 0.2) is 48.5 Å². The van der Waals surface area contributed by atoms with Gasteiger partial charge in [-0.3, -0.25) is 4.79 Å². The maximum atomic E-state index is 12.0. The second-order valence-electron chi connectivity index (χ2n) is 4.98. The minimum absolute atomic E-state index is 0.105. The molecule has 0 spiro atoms. The Morgan fingerprint density at radius 3 is 2.82 bits per heavy atom. The molecule has 0 aliphatic carbocycles. The van der Waals surface area contributed by atoms with Crippen molar-refractivity contribution in [2.24, 2.45) is 0 Å². The lowest BCUT2D eigenvalue weighted by molar-refractivity contribution is -0.118. The Morgan fingerprint density at radius 1 is 1.23 bits per heavy atom. The van der Waals surface area contributed by atoms with E-state index in [2.05, 4.69) is 5.32 Å². The van der Waals surface area contributed by atoms with Crippen molar-refractivity contribution in [2.45, 2.75) is 12.5 Å². The van der Waals surface area contributed by atoms with Crippen LogP contribution in [-0.4, -0.2) is 25.7 Å². The summed E-state index contributed by atoms with van der Waals surface area (Å²) in [6.07, 6.45) is -0.0886. The summed E-state index contributed by atoms with van der Waals surface area (Å²) in [5, 5.41) is 2.84. The third-order valence-electron chi connectivity index (χ3n) is 3.34. The van der Waals surface area contributed by atoms with Crippen LogP contribution in [0.3, 0.4) is 0 Å². The normalized spacial score (nSPS) is 16.0. The zero-order valence-electron chi connectivity index (χ0n) is 12.2. The van der Waals surface area contributed by atoms with Gasteiger partial charge in [-0.05, 0) is 24.3 Å². The molecule has 3 rings (SSSR count). The molecule has 5 heteroatoms. The van der Waals surface area contributed by atoms with Gasteiger partial charge in [0.2, 0.25) is 5.91 Å². The third-order valence-corrected chi connectivity index (χ3v) is 3.34. The van der Waals surface area contributed by atoms with E-state index in [1.165, 1.54) is 0 Å². The van der Waals surface area contributed by atoms with Crippen LogP contribution < -0.4 is 19.5 Å². The topological polar surface area (TPSA) is 56.8 Å². The Kier molecular flexibility index (Phi) is 4.14. The molecule has 22 heavy (non-hydrogen) atoms. The molecule has 5 nitrogen and oxygen atoms in total. The van der Waals surface area contributed by atoms with Crippen molar-refractivity contribution in [3.8, 4) is 17.2 Å². The molecular formula is C17H17NO4. The first-order valence-electron chi connectivity index (χ1n) is 7.07. The number of methoxy groups -OCH3 is 1. The average molecular weight is 299 g/mol. The van der Waals surface area contributed by atoms with E-state index < -0.39 is 0 Å². The van der Waals surface area contributed by atoms with Crippen molar-refractivity contribution in [1.29, 1.82) is 0 Å². The van der Waals surface area contributed by atoms with Gasteiger partial charge in [0, 0.05) is 11.8 Å². The summed E-state index contributed by atoms with van der Waals surface area (Å²) in [7, 11) is 1.59. The number of carbonyl (C=O) groups is 1. The number of carbonyl (C=O) groups excluding carboxylic acids is 1. The van der Waals surface area contributed by atoms with E-state index in [0.717, 1.165) is 5.69 Å². The van der Waals surface area contributed by atoms with E-state index in [1.54, 1.807) is 19.2 Å². The second kappa shape index (κ2) is 6.39. The predicted octanol–water partition coefficient (Wildman–Crippen LogP) is 2.86. The number of anilines is 1. The van der Waals surface area contributed by atoms with Gasteiger partial charge in [0.05, 0.1) is 13.5 Å². The summed E-state index contributed by atoms with van der Waals surface area (Å²) < 4.78 is 16.6. The van der Waals surface area contributed by atoms with E-state index in [9.17, 15) is 4.79 Å². The lowest BCUT2D eigenvalue weighted by Crippen LogP contribution is -2.33. The molecule has 1 atom stereocenters.